The van der Waals surface area contributed by atoms with Gasteiger partial charge in [0.05, 0.1) is 24.3 Å². The molecule has 4 rings (SSSR count). The third-order valence-electron chi connectivity index (χ3n) is 5.78. The molecule has 1 unspecified atom stereocenters. The molecule has 0 N–H and O–H groups in total. The van der Waals surface area contributed by atoms with E-state index in [0.717, 1.165) is 16.7 Å². The first kappa shape index (κ1) is 22.4. The first-order valence-corrected chi connectivity index (χ1v) is 10.7. The number of esters is 1. The van der Waals surface area contributed by atoms with Crippen LogP contribution in [0.15, 0.2) is 30.5 Å². The van der Waals surface area contributed by atoms with Gasteiger partial charge in [-0.05, 0) is 44.4 Å². The van der Waals surface area contributed by atoms with Gasteiger partial charge in [-0.1, -0.05) is 23.7 Å². The lowest BCUT2D eigenvalue weighted by Crippen LogP contribution is -2.28. The van der Waals surface area contributed by atoms with Gasteiger partial charge in [-0.15, -0.1) is 10.1 Å². The number of halogens is 1. The van der Waals surface area contributed by atoms with E-state index in [4.69, 9.17) is 30.6 Å². The Morgan fingerprint density at radius 3 is 2.69 bits per heavy atom. The molecule has 1 saturated carbocycles. The Bertz CT molecular complexity index is 1010. The summed E-state index contributed by atoms with van der Waals surface area (Å²) >= 11 is 5.99. The molecule has 0 bridgehead atoms. The molecule has 2 aromatic rings. The molecule has 9 nitrogen and oxygen atoms in total. The van der Waals surface area contributed by atoms with E-state index in [9.17, 15) is 14.9 Å². The van der Waals surface area contributed by atoms with E-state index >= 15 is 0 Å². The number of rotatable bonds is 7. The van der Waals surface area contributed by atoms with Crippen LogP contribution in [0.5, 0.6) is 5.75 Å². The van der Waals surface area contributed by atoms with Crippen molar-refractivity contribution in [3.8, 4) is 5.75 Å². The van der Waals surface area contributed by atoms with Gasteiger partial charge in [-0.2, -0.15) is 0 Å². The largest absolute Gasteiger partial charge is 0.424 e. The summed E-state index contributed by atoms with van der Waals surface area (Å²) < 4.78 is 17.3. The molecule has 170 valence electrons. The number of fused-ring (bicyclic) bond motifs is 1. The molecule has 2 aliphatic rings. The average Bonchev–Trinajstić information content (AvgIpc) is 3.35. The first-order valence-electron chi connectivity index (χ1n) is 10.4. The van der Waals surface area contributed by atoms with Gasteiger partial charge >= 0.3 is 5.97 Å². The fourth-order valence-electron chi connectivity index (χ4n) is 4.28. The number of aromatic nitrogens is 1. The minimum Gasteiger partial charge on any atom is -0.424 e. The molecule has 1 aromatic heterocycles. The highest BCUT2D eigenvalue weighted by Crippen LogP contribution is 2.42. The third-order valence-corrected chi connectivity index (χ3v) is 6.04. The van der Waals surface area contributed by atoms with Crippen LogP contribution in [0.1, 0.15) is 48.3 Å². The predicted octanol–water partition coefficient (Wildman–Crippen LogP) is 3.96. The van der Waals surface area contributed by atoms with Gasteiger partial charge < -0.3 is 19.0 Å². The molecule has 2 heterocycles. The second-order valence-corrected chi connectivity index (χ2v) is 8.24. The van der Waals surface area contributed by atoms with E-state index in [1.54, 1.807) is 32.2 Å². The maximum Gasteiger partial charge on any atom is 0.314 e. The Labute approximate surface area is 189 Å². The topological polar surface area (TPSA) is 110 Å². The summed E-state index contributed by atoms with van der Waals surface area (Å²) in [5.41, 5.74) is 3.08. The molecule has 32 heavy (non-hydrogen) atoms. The highest BCUT2D eigenvalue weighted by molar-refractivity contribution is 6.30. The third kappa shape index (κ3) is 4.55. The monoisotopic (exact) mass is 462 g/mol. The van der Waals surface area contributed by atoms with Gasteiger partial charge in [0.25, 0.3) is 5.09 Å². The van der Waals surface area contributed by atoms with Crippen LogP contribution < -0.4 is 4.74 Å². The van der Waals surface area contributed by atoms with Crippen molar-refractivity contribution < 1.29 is 28.9 Å². The van der Waals surface area contributed by atoms with Gasteiger partial charge in [-0.3, -0.25) is 9.78 Å². The highest BCUT2D eigenvalue weighted by Gasteiger charge is 2.42. The van der Waals surface area contributed by atoms with Crippen LogP contribution in [-0.2, 0) is 25.7 Å². The Hall–Kier alpha value is -2.75. The summed E-state index contributed by atoms with van der Waals surface area (Å²) in [4.78, 5) is 32.9. The molecule has 0 amide bonds. The fourth-order valence-corrected chi connectivity index (χ4v) is 4.41. The normalized spacial score (nSPS) is 24.2. The summed E-state index contributed by atoms with van der Waals surface area (Å²) in [6.07, 6.45) is 0.490. The highest BCUT2D eigenvalue weighted by atomic mass is 35.5. The lowest BCUT2D eigenvalue weighted by molar-refractivity contribution is -0.770. The molecule has 0 spiro atoms. The van der Waals surface area contributed by atoms with Gasteiger partial charge in [0.1, 0.15) is 12.2 Å². The van der Waals surface area contributed by atoms with Crippen LogP contribution in [0.3, 0.4) is 0 Å². The van der Waals surface area contributed by atoms with Crippen LogP contribution in [0, 0.1) is 23.0 Å². The molecule has 0 radical (unpaired) electrons. The maximum absolute atomic E-state index is 13.0. The first-order chi connectivity index (χ1) is 15.4. The van der Waals surface area contributed by atoms with Crippen molar-refractivity contribution in [3.05, 3.63) is 68.0 Å². The van der Waals surface area contributed by atoms with Crippen molar-refractivity contribution in [2.24, 2.45) is 5.92 Å². The minimum absolute atomic E-state index is 0.149. The number of carbonyl (C=O) groups is 1. The number of nitrogens with zero attached hydrogens (tertiary/aromatic N) is 2. The number of hydrogen-bond donors (Lipinski definition) is 0. The molecule has 1 aromatic carbocycles. The molecule has 0 saturated heterocycles. The number of ether oxygens (including phenoxy) is 3. The van der Waals surface area contributed by atoms with E-state index in [-0.39, 0.29) is 25.6 Å². The number of pyridine rings is 1. The second kappa shape index (κ2) is 9.40. The van der Waals surface area contributed by atoms with E-state index in [2.05, 4.69) is 4.98 Å². The SMILES string of the molecule is CCO[C@H]1CC(C(=O)Oc2c(C)ncc3c2CO[C@H]3c2ccc(Cl)cc2)C[C@@H]1O[N+](=O)[O-]. The lowest BCUT2D eigenvalue weighted by Gasteiger charge is -2.16. The number of hydrogen-bond acceptors (Lipinski definition) is 8. The van der Waals surface area contributed by atoms with Gasteiger partial charge in [0.2, 0.25) is 0 Å². The Kier molecular flexibility index (Phi) is 6.59. The summed E-state index contributed by atoms with van der Waals surface area (Å²) in [5, 5.41) is 10.6. The zero-order valence-corrected chi connectivity index (χ0v) is 18.4. The van der Waals surface area contributed by atoms with E-state index < -0.39 is 29.2 Å². The zero-order valence-electron chi connectivity index (χ0n) is 17.7. The van der Waals surface area contributed by atoms with Crippen LogP contribution in [0.25, 0.3) is 0 Å². The maximum atomic E-state index is 13.0. The predicted molar refractivity (Wildman–Crippen MR) is 113 cm³/mol. The number of carbonyl (C=O) groups excluding carboxylic acids is 1. The Morgan fingerprint density at radius 2 is 2.00 bits per heavy atom. The molecule has 4 atom stereocenters. The number of aryl methyl sites for hydroxylation is 1. The van der Waals surface area contributed by atoms with Crippen molar-refractivity contribution >= 4 is 17.6 Å². The fraction of sp³-hybridized carbons (Fsp3) is 0.455. The van der Waals surface area contributed by atoms with E-state index in [1.807, 2.05) is 12.1 Å². The van der Waals surface area contributed by atoms with E-state index in [1.165, 1.54) is 0 Å². The summed E-state index contributed by atoms with van der Waals surface area (Å²) in [6.45, 7) is 4.18. The summed E-state index contributed by atoms with van der Waals surface area (Å²) in [7, 11) is 0. The second-order valence-electron chi connectivity index (χ2n) is 7.80. The van der Waals surface area contributed by atoms with Crippen molar-refractivity contribution in [2.45, 2.75) is 51.6 Å². The van der Waals surface area contributed by atoms with Gasteiger partial charge in [-0.25, -0.2) is 0 Å². The molecule has 1 aliphatic carbocycles. The Balaban J connectivity index is 1.53. The van der Waals surface area contributed by atoms with Crippen LogP contribution in [-0.4, -0.2) is 34.9 Å². The van der Waals surface area contributed by atoms with Gasteiger partial charge in [0.15, 0.2) is 5.75 Å². The van der Waals surface area contributed by atoms with Gasteiger partial charge in [0, 0.05) is 29.0 Å². The smallest absolute Gasteiger partial charge is 0.314 e. The quantitative estimate of drug-likeness (QED) is 0.345. The Morgan fingerprint density at radius 1 is 1.28 bits per heavy atom. The van der Waals surface area contributed by atoms with Crippen LogP contribution >= 0.6 is 11.6 Å². The molecule has 10 heteroatoms. The van der Waals surface area contributed by atoms with Crippen LogP contribution in [0.2, 0.25) is 5.02 Å². The van der Waals surface area contributed by atoms with Crippen molar-refractivity contribution in [3.63, 3.8) is 0 Å². The van der Waals surface area contributed by atoms with E-state index in [0.29, 0.717) is 23.1 Å². The van der Waals surface area contributed by atoms with Crippen LogP contribution in [0.4, 0.5) is 0 Å². The molecule has 1 aliphatic heterocycles. The van der Waals surface area contributed by atoms with Crippen molar-refractivity contribution in [1.29, 1.82) is 0 Å². The number of benzene rings is 1. The summed E-state index contributed by atoms with van der Waals surface area (Å²) in [5.74, 6) is -0.700. The average molecular weight is 463 g/mol. The summed E-state index contributed by atoms with van der Waals surface area (Å²) in [6, 6.07) is 7.35. The minimum atomic E-state index is -0.850. The van der Waals surface area contributed by atoms with Crippen molar-refractivity contribution in [2.75, 3.05) is 6.61 Å². The standard InChI is InChI=1S/C22H23ClN2O7/c1-3-29-18-8-14(9-19(18)32-25(27)28)22(26)31-20-12(2)24-10-16-17(20)11-30-21(16)13-4-6-15(23)7-5-13/h4-7,10,14,18-19,21H,3,8-9,11H2,1-2H3/t14?,18-,19-,21-/m0/s1. The molecule has 1 fully saturated rings. The lowest BCUT2D eigenvalue weighted by atomic mass is 10.00. The van der Waals surface area contributed by atoms with Crippen molar-refractivity contribution in [1.82, 2.24) is 4.98 Å². The molecular weight excluding hydrogens is 440 g/mol. The molecular formula is C22H23ClN2O7. The zero-order chi connectivity index (χ0) is 22.8.